The monoisotopic (exact) mass is 405 g/mol. The molecule has 1 aliphatic rings. The van der Waals surface area contributed by atoms with E-state index >= 15 is 0 Å². The summed E-state index contributed by atoms with van der Waals surface area (Å²) < 4.78 is 32.8. The minimum atomic E-state index is -3.76. The molecule has 0 spiro atoms. The lowest BCUT2D eigenvalue weighted by atomic mass is 10.1. The summed E-state index contributed by atoms with van der Waals surface area (Å²) in [5, 5.41) is 3.10. The highest BCUT2D eigenvalue weighted by atomic mass is 35.5. The minimum Gasteiger partial charge on any atom is -0.495 e. The van der Waals surface area contributed by atoms with Gasteiger partial charge in [0.05, 0.1) is 7.11 Å². The van der Waals surface area contributed by atoms with E-state index in [2.05, 4.69) is 10.0 Å². The number of methoxy groups -OCH3 is 1. The van der Waals surface area contributed by atoms with Gasteiger partial charge in [-0.2, -0.15) is 0 Å². The van der Waals surface area contributed by atoms with Crippen molar-refractivity contribution in [3.05, 3.63) is 23.8 Å². The molecule has 0 saturated carbocycles. The van der Waals surface area contributed by atoms with Crippen LogP contribution in [0.2, 0.25) is 0 Å². The van der Waals surface area contributed by atoms with Crippen molar-refractivity contribution >= 4 is 28.3 Å². The van der Waals surface area contributed by atoms with Gasteiger partial charge in [0.1, 0.15) is 10.6 Å². The summed E-state index contributed by atoms with van der Waals surface area (Å²) in [6.07, 6.45) is 1.90. The van der Waals surface area contributed by atoms with Crippen LogP contribution in [0.3, 0.4) is 0 Å². The van der Waals surface area contributed by atoms with Crippen molar-refractivity contribution in [3.63, 3.8) is 0 Å². The smallest absolute Gasteiger partial charge is 0.254 e. The van der Waals surface area contributed by atoms with E-state index in [1.165, 1.54) is 19.2 Å². The van der Waals surface area contributed by atoms with E-state index in [4.69, 9.17) is 4.74 Å². The largest absolute Gasteiger partial charge is 0.495 e. The summed E-state index contributed by atoms with van der Waals surface area (Å²) in [4.78, 5) is 14.7. The van der Waals surface area contributed by atoms with Crippen LogP contribution < -0.4 is 14.8 Å². The third-order valence-electron chi connectivity index (χ3n) is 4.17. The molecule has 7 nitrogen and oxygen atoms in total. The summed E-state index contributed by atoms with van der Waals surface area (Å²) >= 11 is 0. The van der Waals surface area contributed by atoms with E-state index in [9.17, 15) is 13.2 Å². The number of hydrogen-bond acceptors (Lipinski definition) is 5. The number of likely N-dealkylation sites (N-methyl/N-ethyl adjacent to an activating group) is 1. The molecular formula is C17H28ClN3O4S. The van der Waals surface area contributed by atoms with E-state index < -0.39 is 10.0 Å². The normalized spacial score (nSPS) is 17.3. The maximum Gasteiger partial charge on any atom is 0.254 e. The Bertz CT molecular complexity index is 725. The standard InChI is InChI=1S/C17H27N3O4S.ClH/c1-12(2)19-25(22,23)16-10-13(7-8-15(16)24-4)17(21)20-9-5-6-14(20)11-18-3;/h7-8,10,12,14,18-19H,5-6,9,11H2,1-4H3;1H. The van der Waals surface area contributed by atoms with Gasteiger partial charge in [-0.05, 0) is 51.9 Å². The Hall–Kier alpha value is -1.35. The fourth-order valence-electron chi connectivity index (χ4n) is 3.11. The van der Waals surface area contributed by atoms with Gasteiger partial charge in [-0.1, -0.05) is 0 Å². The Morgan fingerprint density at radius 1 is 1.38 bits per heavy atom. The number of carbonyl (C=O) groups excluding carboxylic acids is 1. The molecule has 26 heavy (non-hydrogen) atoms. The fourth-order valence-corrected chi connectivity index (χ4v) is 4.56. The van der Waals surface area contributed by atoms with Crippen LogP contribution in [0.25, 0.3) is 0 Å². The van der Waals surface area contributed by atoms with Gasteiger partial charge in [0.25, 0.3) is 5.91 Å². The predicted octanol–water partition coefficient (Wildman–Crippen LogP) is 1.63. The fraction of sp³-hybridized carbons (Fsp3) is 0.588. The first-order chi connectivity index (χ1) is 11.8. The van der Waals surface area contributed by atoms with Gasteiger partial charge in [-0.15, -0.1) is 12.4 Å². The average molecular weight is 406 g/mol. The Labute approximate surface area is 161 Å². The number of hydrogen-bond donors (Lipinski definition) is 2. The van der Waals surface area contributed by atoms with E-state index in [1.54, 1.807) is 19.9 Å². The van der Waals surface area contributed by atoms with Gasteiger partial charge < -0.3 is 15.0 Å². The SMILES string of the molecule is CNCC1CCCN1C(=O)c1ccc(OC)c(S(=O)(=O)NC(C)C)c1.Cl. The van der Waals surface area contributed by atoms with Crippen molar-refractivity contribution in [1.82, 2.24) is 14.9 Å². The molecule has 0 aromatic heterocycles. The number of benzene rings is 1. The highest BCUT2D eigenvalue weighted by Crippen LogP contribution is 2.27. The second-order valence-corrected chi connectivity index (χ2v) is 8.18. The average Bonchev–Trinajstić information content (AvgIpc) is 3.01. The molecule has 1 fully saturated rings. The lowest BCUT2D eigenvalue weighted by Crippen LogP contribution is -2.41. The van der Waals surface area contributed by atoms with Gasteiger partial charge in [0, 0.05) is 30.7 Å². The quantitative estimate of drug-likeness (QED) is 0.719. The van der Waals surface area contributed by atoms with Crippen LogP contribution in [0.15, 0.2) is 23.1 Å². The molecule has 0 radical (unpaired) electrons. The highest BCUT2D eigenvalue weighted by molar-refractivity contribution is 7.89. The van der Waals surface area contributed by atoms with Gasteiger partial charge in [-0.25, -0.2) is 13.1 Å². The Morgan fingerprint density at radius 2 is 2.08 bits per heavy atom. The maximum absolute atomic E-state index is 12.9. The predicted molar refractivity (Wildman–Crippen MR) is 104 cm³/mol. The molecule has 1 heterocycles. The zero-order valence-electron chi connectivity index (χ0n) is 15.6. The number of ether oxygens (including phenoxy) is 1. The van der Waals surface area contributed by atoms with Crippen molar-refractivity contribution < 1.29 is 17.9 Å². The summed E-state index contributed by atoms with van der Waals surface area (Å²) in [6.45, 7) is 4.89. The molecule has 1 amide bonds. The van der Waals surface area contributed by atoms with Crippen LogP contribution in [0.1, 0.15) is 37.0 Å². The summed E-state index contributed by atoms with van der Waals surface area (Å²) in [5.41, 5.74) is 0.355. The zero-order chi connectivity index (χ0) is 18.6. The molecule has 1 atom stereocenters. The minimum absolute atomic E-state index is 0. The number of likely N-dealkylation sites (tertiary alicyclic amines) is 1. The summed E-state index contributed by atoms with van der Waals surface area (Å²) in [6, 6.07) is 4.43. The first-order valence-corrected chi connectivity index (χ1v) is 9.94. The molecule has 1 aromatic carbocycles. The van der Waals surface area contributed by atoms with Crippen molar-refractivity contribution in [1.29, 1.82) is 0 Å². The Balaban J connectivity index is 0.00000338. The number of amides is 1. The Morgan fingerprint density at radius 3 is 2.65 bits per heavy atom. The molecule has 1 aliphatic heterocycles. The number of nitrogens with zero attached hydrogens (tertiary/aromatic N) is 1. The molecule has 148 valence electrons. The third kappa shape index (κ3) is 5.09. The van der Waals surface area contributed by atoms with Crippen LogP contribution in [-0.4, -0.2) is 58.6 Å². The molecule has 2 N–H and O–H groups in total. The zero-order valence-corrected chi connectivity index (χ0v) is 17.2. The molecule has 1 saturated heterocycles. The van der Waals surface area contributed by atoms with Crippen molar-refractivity contribution in [2.24, 2.45) is 0 Å². The van der Waals surface area contributed by atoms with Crippen molar-refractivity contribution in [3.8, 4) is 5.75 Å². The lowest BCUT2D eigenvalue weighted by molar-refractivity contribution is 0.0736. The molecule has 2 rings (SSSR count). The highest BCUT2D eigenvalue weighted by Gasteiger charge is 2.30. The van der Waals surface area contributed by atoms with Crippen LogP contribution in [-0.2, 0) is 10.0 Å². The molecule has 1 unspecified atom stereocenters. The number of rotatable bonds is 7. The molecule has 9 heteroatoms. The third-order valence-corrected chi connectivity index (χ3v) is 5.85. The van der Waals surface area contributed by atoms with E-state index in [1.807, 2.05) is 11.9 Å². The van der Waals surface area contributed by atoms with Crippen LogP contribution in [0.5, 0.6) is 5.75 Å². The topological polar surface area (TPSA) is 87.7 Å². The van der Waals surface area contributed by atoms with Gasteiger partial charge in [-0.3, -0.25) is 4.79 Å². The molecule has 0 aliphatic carbocycles. The van der Waals surface area contributed by atoms with Crippen molar-refractivity contribution in [2.75, 3.05) is 27.2 Å². The summed E-state index contributed by atoms with van der Waals surface area (Å²) in [7, 11) is -0.495. The second-order valence-electron chi connectivity index (χ2n) is 6.49. The molecular weight excluding hydrogens is 378 g/mol. The van der Waals surface area contributed by atoms with E-state index in [0.29, 0.717) is 12.1 Å². The number of halogens is 1. The van der Waals surface area contributed by atoms with Crippen LogP contribution >= 0.6 is 12.4 Å². The maximum atomic E-state index is 12.9. The summed E-state index contributed by atoms with van der Waals surface area (Å²) in [5.74, 6) is 0.0688. The first-order valence-electron chi connectivity index (χ1n) is 8.46. The van der Waals surface area contributed by atoms with Gasteiger partial charge >= 0.3 is 0 Å². The first kappa shape index (κ1) is 22.7. The number of nitrogens with one attached hydrogen (secondary N) is 2. The van der Waals surface area contributed by atoms with Gasteiger partial charge in [0.15, 0.2) is 0 Å². The molecule has 1 aromatic rings. The van der Waals surface area contributed by atoms with Gasteiger partial charge in [0.2, 0.25) is 10.0 Å². The second kappa shape index (κ2) is 9.55. The number of carbonyl (C=O) groups is 1. The van der Waals surface area contributed by atoms with Crippen molar-refractivity contribution in [2.45, 2.75) is 43.7 Å². The lowest BCUT2D eigenvalue weighted by Gasteiger charge is -2.25. The van der Waals surface area contributed by atoms with Crippen LogP contribution in [0, 0.1) is 0 Å². The molecule has 0 bridgehead atoms. The van der Waals surface area contributed by atoms with E-state index in [0.717, 1.165) is 19.4 Å². The van der Waals surface area contributed by atoms with Crippen LogP contribution in [0.4, 0.5) is 0 Å². The number of sulfonamides is 1. The Kier molecular flexibility index (Phi) is 8.33. The van der Waals surface area contributed by atoms with E-state index in [-0.39, 0.29) is 41.0 Å².